The molecule has 0 fully saturated rings. The minimum absolute atomic E-state index is 0.0732. The highest BCUT2D eigenvalue weighted by Crippen LogP contribution is 2.32. The average Bonchev–Trinajstić information content (AvgIpc) is 2.94. The lowest BCUT2D eigenvalue weighted by molar-refractivity contribution is -0.143. The number of nitrogens with zero attached hydrogens (tertiary/aromatic N) is 1. The van der Waals surface area contributed by atoms with E-state index in [0.717, 1.165) is 36.1 Å². The van der Waals surface area contributed by atoms with Crippen molar-refractivity contribution >= 4 is 5.97 Å². The summed E-state index contributed by atoms with van der Waals surface area (Å²) < 4.78 is 7.04. The fraction of sp³-hybridized carbons (Fsp3) is 0.353. The molecule has 3 rings (SSSR count). The number of benzene rings is 1. The Kier molecular flexibility index (Phi) is 3.80. The molecule has 21 heavy (non-hydrogen) atoms. The number of rotatable bonds is 3. The lowest BCUT2D eigenvalue weighted by Crippen LogP contribution is -2.25. The molecule has 1 aliphatic carbocycles. The summed E-state index contributed by atoms with van der Waals surface area (Å²) in [6.07, 6.45) is 4.98. The van der Waals surface area contributed by atoms with Crippen molar-refractivity contribution in [3.63, 3.8) is 0 Å². The summed E-state index contributed by atoms with van der Waals surface area (Å²) in [6.45, 7) is 0. The number of carbonyl (C=O) groups excluding carboxylic acids is 1. The summed E-state index contributed by atoms with van der Waals surface area (Å²) in [5.41, 5.74) is 9.43. The smallest absolute Gasteiger partial charge is 0.333 e. The van der Waals surface area contributed by atoms with Crippen LogP contribution in [-0.4, -0.2) is 17.6 Å². The van der Waals surface area contributed by atoms with Gasteiger partial charge in [0.2, 0.25) is 0 Å². The lowest BCUT2D eigenvalue weighted by atomic mass is 9.93. The van der Waals surface area contributed by atoms with Gasteiger partial charge in [-0.25, -0.2) is 4.79 Å². The highest BCUT2D eigenvalue weighted by molar-refractivity contribution is 5.78. The number of hydrogen-bond acceptors (Lipinski definition) is 3. The second kappa shape index (κ2) is 5.74. The van der Waals surface area contributed by atoms with E-state index in [4.69, 9.17) is 10.5 Å². The van der Waals surface area contributed by atoms with Crippen LogP contribution in [0.25, 0.3) is 0 Å². The second-order valence-electron chi connectivity index (χ2n) is 5.46. The van der Waals surface area contributed by atoms with Crippen molar-refractivity contribution in [2.75, 3.05) is 7.11 Å². The van der Waals surface area contributed by atoms with Crippen LogP contribution in [0.15, 0.2) is 42.6 Å². The van der Waals surface area contributed by atoms with Gasteiger partial charge in [0.1, 0.15) is 0 Å². The Morgan fingerprint density at radius 3 is 2.81 bits per heavy atom. The maximum absolute atomic E-state index is 12.3. The Labute approximate surface area is 124 Å². The number of hydrogen-bond donors (Lipinski definition) is 1. The predicted molar refractivity (Wildman–Crippen MR) is 80.9 cm³/mol. The maximum Gasteiger partial charge on any atom is 0.333 e. The van der Waals surface area contributed by atoms with Crippen LogP contribution < -0.4 is 5.73 Å². The molecular weight excluding hydrogens is 264 g/mol. The first-order chi connectivity index (χ1) is 10.2. The molecule has 0 saturated carbocycles. The second-order valence-corrected chi connectivity index (χ2v) is 5.46. The third kappa shape index (κ3) is 2.47. The molecule has 0 spiro atoms. The van der Waals surface area contributed by atoms with Gasteiger partial charge in [-0.05, 0) is 36.5 Å². The monoisotopic (exact) mass is 284 g/mol. The van der Waals surface area contributed by atoms with Crippen LogP contribution in [0, 0.1) is 0 Å². The number of carbonyl (C=O) groups is 1. The van der Waals surface area contributed by atoms with E-state index in [9.17, 15) is 4.79 Å². The third-order valence-electron chi connectivity index (χ3n) is 4.21. The molecule has 0 amide bonds. The van der Waals surface area contributed by atoms with Crippen LogP contribution >= 0.6 is 0 Å². The number of fused-ring (bicyclic) bond motifs is 1. The first kappa shape index (κ1) is 13.9. The fourth-order valence-electron chi connectivity index (χ4n) is 3.15. The van der Waals surface area contributed by atoms with Crippen LogP contribution in [0.4, 0.5) is 0 Å². The highest BCUT2D eigenvalue weighted by Gasteiger charge is 2.28. The van der Waals surface area contributed by atoms with Gasteiger partial charge in [0, 0.05) is 17.9 Å². The van der Waals surface area contributed by atoms with Gasteiger partial charge >= 0.3 is 5.97 Å². The first-order valence-corrected chi connectivity index (χ1v) is 7.30. The van der Waals surface area contributed by atoms with Crippen LogP contribution in [-0.2, 0) is 16.0 Å². The molecule has 4 heteroatoms. The van der Waals surface area contributed by atoms with Gasteiger partial charge in [-0.3, -0.25) is 0 Å². The zero-order valence-electron chi connectivity index (χ0n) is 12.2. The SMILES string of the molecule is COC(=O)C(c1ccccc1)n1ccc2c1CCCC2N. The van der Waals surface area contributed by atoms with Crippen LogP contribution in [0.2, 0.25) is 0 Å². The largest absolute Gasteiger partial charge is 0.467 e. The van der Waals surface area contributed by atoms with E-state index in [2.05, 4.69) is 0 Å². The Morgan fingerprint density at radius 1 is 1.33 bits per heavy atom. The van der Waals surface area contributed by atoms with E-state index >= 15 is 0 Å². The number of esters is 1. The Hall–Kier alpha value is -2.07. The van der Waals surface area contributed by atoms with Crippen molar-refractivity contribution in [3.05, 3.63) is 59.4 Å². The standard InChI is InChI=1S/C17H20N2O2/c1-21-17(20)16(12-6-3-2-4-7-12)19-11-10-13-14(18)8-5-9-15(13)19/h2-4,6-7,10-11,14,16H,5,8-9,18H2,1H3. The van der Waals surface area contributed by atoms with Crippen molar-refractivity contribution in [2.24, 2.45) is 5.73 Å². The van der Waals surface area contributed by atoms with Gasteiger partial charge in [-0.1, -0.05) is 30.3 Å². The number of nitrogens with two attached hydrogens (primary N) is 1. The first-order valence-electron chi connectivity index (χ1n) is 7.30. The molecule has 0 bridgehead atoms. The van der Waals surface area contributed by atoms with Crippen molar-refractivity contribution in [3.8, 4) is 0 Å². The van der Waals surface area contributed by atoms with E-state index in [1.54, 1.807) is 0 Å². The minimum Gasteiger partial charge on any atom is -0.467 e. The minimum atomic E-state index is -0.440. The summed E-state index contributed by atoms with van der Waals surface area (Å²) in [5.74, 6) is -0.251. The van der Waals surface area contributed by atoms with Gasteiger partial charge in [-0.15, -0.1) is 0 Å². The summed E-state index contributed by atoms with van der Waals surface area (Å²) in [5, 5.41) is 0. The highest BCUT2D eigenvalue weighted by atomic mass is 16.5. The molecule has 2 atom stereocenters. The molecule has 4 nitrogen and oxygen atoms in total. The maximum atomic E-state index is 12.3. The zero-order valence-corrected chi connectivity index (χ0v) is 12.2. The number of aromatic nitrogens is 1. The molecular formula is C17H20N2O2. The lowest BCUT2D eigenvalue weighted by Gasteiger charge is -2.25. The number of methoxy groups -OCH3 is 1. The van der Waals surface area contributed by atoms with E-state index in [0.29, 0.717) is 0 Å². The predicted octanol–water partition coefficient (Wildman–Crippen LogP) is 2.59. The van der Waals surface area contributed by atoms with Crippen molar-refractivity contribution in [1.82, 2.24) is 4.57 Å². The van der Waals surface area contributed by atoms with E-state index in [1.807, 2.05) is 47.2 Å². The molecule has 0 saturated heterocycles. The topological polar surface area (TPSA) is 57.2 Å². The quantitative estimate of drug-likeness (QED) is 0.881. The Bertz CT molecular complexity index is 633. The zero-order chi connectivity index (χ0) is 14.8. The Balaban J connectivity index is 2.08. The van der Waals surface area contributed by atoms with Gasteiger partial charge in [0.15, 0.2) is 6.04 Å². The molecule has 1 aromatic heterocycles. The van der Waals surface area contributed by atoms with Crippen molar-refractivity contribution in [2.45, 2.75) is 31.3 Å². The molecule has 1 heterocycles. The van der Waals surface area contributed by atoms with E-state index in [1.165, 1.54) is 7.11 Å². The number of ether oxygens (including phenoxy) is 1. The summed E-state index contributed by atoms with van der Waals surface area (Å²) in [4.78, 5) is 12.3. The van der Waals surface area contributed by atoms with Gasteiger partial charge < -0.3 is 15.0 Å². The molecule has 1 aliphatic rings. The van der Waals surface area contributed by atoms with Crippen LogP contribution in [0.3, 0.4) is 0 Å². The molecule has 0 aliphatic heterocycles. The molecule has 2 unspecified atom stereocenters. The van der Waals surface area contributed by atoms with Gasteiger partial charge in [0.25, 0.3) is 0 Å². The fourth-order valence-corrected chi connectivity index (χ4v) is 3.15. The van der Waals surface area contributed by atoms with Crippen molar-refractivity contribution in [1.29, 1.82) is 0 Å². The molecule has 0 radical (unpaired) electrons. The van der Waals surface area contributed by atoms with Gasteiger partial charge in [-0.2, -0.15) is 0 Å². The van der Waals surface area contributed by atoms with Crippen molar-refractivity contribution < 1.29 is 9.53 Å². The summed E-state index contributed by atoms with van der Waals surface area (Å²) >= 11 is 0. The average molecular weight is 284 g/mol. The molecule has 2 N–H and O–H groups in total. The summed E-state index contributed by atoms with van der Waals surface area (Å²) in [6, 6.07) is 11.4. The van der Waals surface area contributed by atoms with E-state index in [-0.39, 0.29) is 12.0 Å². The Morgan fingerprint density at radius 2 is 2.10 bits per heavy atom. The molecule has 2 aromatic rings. The molecule has 110 valence electrons. The third-order valence-corrected chi connectivity index (χ3v) is 4.21. The summed E-state index contributed by atoms with van der Waals surface area (Å²) in [7, 11) is 1.43. The van der Waals surface area contributed by atoms with Crippen LogP contribution in [0.5, 0.6) is 0 Å². The van der Waals surface area contributed by atoms with E-state index < -0.39 is 6.04 Å². The van der Waals surface area contributed by atoms with Gasteiger partial charge in [0.05, 0.1) is 7.11 Å². The van der Waals surface area contributed by atoms with Crippen LogP contribution in [0.1, 0.15) is 41.7 Å². The normalized spacial score (nSPS) is 18.9. The molecule has 1 aromatic carbocycles.